The average Bonchev–Trinajstić information content (AvgIpc) is 1.80. The zero-order valence-electron chi connectivity index (χ0n) is 5.48. The van der Waals surface area contributed by atoms with Gasteiger partial charge in [-0.2, -0.15) is 0 Å². The summed E-state index contributed by atoms with van der Waals surface area (Å²) in [5, 5.41) is 2.62. The van der Waals surface area contributed by atoms with Crippen LogP contribution in [0.3, 0.4) is 0 Å². The van der Waals surface area contributed by atoms with Crippen LogP contribution >= 0.6 is 11.6 Å². The van der Waals surface area contributed by atoms with E-state index in [4.69, 9.17) is 11.6 Å². The molecule has 0 amide bonds. The molecule has 1 rings (SSSR count). The lowest BCUT2D eigenvalue weighted by molar-refractivity contribution is 0.378. The van der Waals surface area contributed by atoms with Gasteiger partial charge >= 0.3 is 0 Å². The molecular weight excluding hydrogens is 136 g/mol. The molecule has 0 bridgehead atoms. The van der Waals surface area contributed by atoms with Crippen molar-refractivity contribution in [1.82, 2.24) is 10.4 Å². The third kappa shape index (κ3) is 1.39. The molecule has 0 atom stereocenters. The van der Waals surface area contributed by atoms with Crippen molar-refractivity contribution in [2.24, 2.45) is 0 Å². The first kappa shape index (κ1) is 6.49. The van der Waals surface area contributed by atoms with Crippen LogP contribution in [-0.2, 0) is 0 Å². The molecular formula is C6H9ClN2. The Bertz CT molecular complexity index is 172. The second kappa shape index (κ2) is 2.31. The molecule has 1 N–H and O–H groups in total. The molecule has 0 saturated heterocycles. The van der Waals surface area contributed by atoms with E-state index in [1.807, 2.05) is 25.2 Å². The van der Waals surface area contributed by atoms with E-state index in [0.717, 1.165) is 10.6 Å². The normalized spacial score (nSPS) is 18.3. The van der Waals surface area contributed by atoms with Crippen molar-refractivity contribution in [2.75, 3.05) is 7.05 Å². The quantitative estimate of drug-likeness (QED) is 0.553. The number of hydrogen-bond acceptors (Lipinski definition) is 2. The summed E-state index contributed by atoms with van der Waals surface area (Å²) in [6.45, 7) is 1.97. The first-order valence-electron chi connectivity index (χ1n) is 2.73. The highest BCUT2D eigenvalue weighted by Crippen LogP contribution is 2.15. The lowest BCUT2D eigenvalue weighted by atomic mass is 10.3. The SMILES string of the molecule is CC1=CN(C)NC=C1Cl. The number of nitrogens with one attached hydrogen (secondary N) is 1. The fourth-order valence-electron chi connectivity index (χ4n) is 0.662. The summed E-state index contributed by atoms with van der Waals surface area (Å²) in [5.41, 5.74) is 4.01. The Morgan fingerprint density at radius 1 is 1.67 bits per heavy atom. The van der Waals surface area contributed by atoms with E-state index in [1.54, 1.807) is 6.20 Å². The van der Waals surface area contributed by atoms with E-state index in [0.29, 0.717) is 0 Å². The van der Waals surface area contributed by atoms with Gasteiger partial charge in [-0.15, -0.1) is 0 Å². The van der Waals surface area contributed by atoms with Gasteiger partial charge in [-0.05, 0) is 12.5 Å². The van der Waals surface area contributed by atoms with Gasteiger partial charge in [-0.1, -0.05) is 11.6 Å². The molecule has 0 unspecified atom stereocenters. The Morgan fingerprint density at radius 2 is 2.33 bits per heavy atom. The average molecular weight is 145 g/mol. The summed E-state index contributed by atoms with van der Waals surface area (Å²) >= 11 is 5.74. The summed E-state index contributed by atoms with van der Waals surface area (Å²) in [6.07, 6.45) is 3.69. The Hall–Kier alpha value is -0.630. The molecule has 0 aromatic rings. The molecule has 2 nitrogen and oxygen atoms in total. The third-order valence-electron chi connectivity index (χ3n) is 1.16. The minimum atomic E-state index is 0.771. The van der Waals surface area contributed by atoms with Crippen LogP contribution in [-0.4, -0.2) is 12.1 Å². The van der Waals surface area contributed by atoms with E-state index in [9.17, 15) is 0 Å². The maximum atomic E-state index is 5.74. The smallest absolute Gasteiger partial charge is 0.0626 e. The molecule has 0 spiro atoms. The molecule has 0 aromatic carbocycles. The van der Waals surface area contributed by atoms with Gasteiger partial charge in [0.25, 0.3) is 0 Å². The highest BCUT2D eigenvalue weighted by atomic mass is 35.5. The number of hydrazine groups is 1. The van der Waals surface area contributed by atoms with E-state index in [2.05, 4.69) is 5.43 Å². The molecule has 0 radical (unpaired) electrons. The summed E-state index contributed by atoms with van der Waals surface area (Å²) in [5.74, 6) is 0. The monoisotopic (exact) mass is 144 g/mol. The number of halogens is 1. The van der Waals surface area contributed by atoms with Crippen LogP contribution in [0.5, 0.6) is 0 Å². The van der Waals surface area contributed by atoms with Crippen molar-refractivity contribution in [3.05, 3.63) is 23.0 Å². The van der Waals surface area contributed by atoms with E-state index >= 15 is 0 Å². The van der Waals surface area contributed by atoms with Crippen LogP contribution < -0.4 is 5.43 Å². The summed E-state index contributed by atoms with van der Waals surface area (Å²) in [4.78, 5) is 0. The van der Waals surface area contributed by atoms with Crippen LogP contribution in [0.25, 0.3) is 0 Å². The molecule has 50 valence electrons. The fraction of sp³-hybridized carbons (Fsp3) is 0.333. The molecule has 3 heteroatoms. The Morgan fingerprint density at radius 3 is 2.78 bits per heavy atom. The number of allylic oxidation sites excluding steroid dienone is 2. The zero-order chi connectivity index (χ0) is 6.85. The van der Waals surface area contributed by atoms with Gasteiger partial charge in [0, 0.05) is 19.4 Å². The van der Waals surface area contributed by atoms with Crippen molar-refractivity contribution >= 4 is 11.6 Å². The van der Waals surface area contributed by atoms with Crippen LogP contribution in [0, 0.1) is 0 Å². The van der Waals surface area contributed by atoms with Gasteiger partial charge in [0.1, 0.15) is 0 Å². The van der Waals surface area contributed by atoms with Crippen molar-refractivity contribution in [1.29, 1.82) is 0 Å². The van der Waals surface area contributed by atoms with Gasteiger partial charge in [-0.25, -0.2) is 0 Å². The fourth-order valence-corrected chi connectivity index (χ4v) is 0.759. The number of hydrogen-bond donors (Lipinski definition) is 1. The minimum Gasteiger partial charge on any atom is -0.305 e. The van der Waals surface area contributed by atoms with E-state index < -0.39 is 0 Å². The standard InChI is InChI=1S/C6H9ClN2/c1-5-4-9(2)8-3-6(5)7/h3-4,8H,1-2H3. The van der Waals surface area contributed by atoms with Gasteiger partial charge in [0.2, 0.25) is 0 Å². The Balaban J connectivity index is 2.75. The lowest BCUT2D eigenvalue weighted by Gasteiger charge is -2.19. The van der Waals surface area contributed by atoms with Crippen LogP contribution in [0.15, 0.2) is 23.0 Å². The maximum absolute atomic E-state index is 5.74. The van der Waals surface area contributed by atoms with Crippen LogP contribution in [0.4, 0.5) is 0 Å². The van der Waals surface area contributed by atoms with E-state index in [-0.39, 0.29) is 0 Å². The van der Waals surface area contributed by atoms with E-state index in [1.165, 1.54) is 0 Å². The molecule has 0 saturated carbocycles. The van der Waals surface area contributed by atoms with Crippen molar-refractivity contribution < 1.29 is 0 Å². The van der Waals surface area contributed by atoms with Gasteiger partial charge < -0.3 is 5.43 Å². The predicted octanol–water partition coefficient (Wildman–Crippen LogP) is 1.42. The second-order valence-corrected chi connectivity index (χ2v) is 2.45. The molecule has 1 aliphatic rings. The van der Waals surface area contributed by atoms with Crippen molar-refractivity contribution in [3.8, 4) is 0 Å². The summed E-state index contributed by atoms with van der Waals surface area (Å²) in [6, 6.07) is 0. The largest absolute Gasteiger partial charge is 0.305 e. The van der Waals surface area contributed by atoms with Gasteiger partial charge in [-0.3, -0.25) is 5.01 Å². The molecule has 9 heavy (non-hydrogen) atoms. The highest BCUT2D eigenvalue weighted by molar-refractivity contribution is 6.31. The topological polar surface area (TPSA) is 15.3 Å². The minimum absolute atomic E-state index is 0.771. The maximum Gasteiger partial charge on any atom is 0.0626 e. The first-order valence-corrected chi connectivity index (χ1v) is 3.11. The molecule has 0 fully saturated rings. The molecule has 0 aliphatic carbocycles. The summed E-state index contributed by atoms with van der Waals surface area (Å²) < 4.78 is 0. The second-order valence-electron chi connectivity index (χ2n) is 2.04. The molecule has 1 heterocycles. The van der Waals surface area contributed by atoms with Gasteiger partial charge in [0.05, 0.1) is 5.03 Å². The van der Waals surface area contributed by atoms with Crippen LogP contribution in [0.1, 0.15) is 6.92 Å². The zero-order valence-corrected chi connectivity index (χ0v) is 6.24. The van der Waals surface area contributed by atoms with Crippen LogP contribution in [0.2, 0.25) is 0 Å². The highest BCUT2D eigenvalue weighted by Gasteiger charge is 2.01. The molecule has 1 aliphatic heterocycles. The Labute approximate surface area is 59.8 Å². The van der Waals surface area contributed by atoms with Crippen molar-refractivity contribution in [3.63, 3.8) is 0 Å². The summed E-state index contributed by atoms with van der Waals surface area (Å²) in [7, 11) is 1.92. The predicted molar refractivity (Wildman–Crippen MR) is 38.6 cm³/mol. The Kier molecular flexibility index (Phi) is 1.67. The van der Waals surface area contributed by atoms with Gasteiger partial charge in [0.15, 0.2) is 0 Å². The lowest BCUT2D eigenvalue weighted by Crippen LogP contribution is -2.27. The first-order chi connectivity index (χ1) is 4.20. The third-order valence-corrected chi connectivity index (χ3v) is 1.57. The number of rotatable bonds is 0. The van der Waals surface area contributed by atoms with Crippen molar-refractivity contribution in [2.45, 2.75) is 6.92 Å². The number of nitrogens with zero attached hydrogens (tertiary/aromatic N) is 1. The molecule has 0 aromatic heterocycles.